The van der Waals surface area contributed by atoms with Gasteiger partial charge in [0.25, 0.3) is 0 Å². The van der Waals surface area contributed by atoms with E-state index in [-0.39, 0.29) is 5.75 Å². The Bertz CT molecular complexity index is 295. The molecule has 0 aromatic carbocycles. The van der Waals surface area contributed by atoms with E-state index in [9.17, 15) is 0 Å². The van der Waals surface area contributed by atoms with Crippen molar-refractivity contribution in [3.63, 3.8) is 0 Å². The number of hydrogen-bond acceptors (Lipinski definition) is 2. The molecule has 0 saturated heterocycles. The molecule has 2 rings (SSSR count). The van der Waals surface area contributed by atoms with Crippen molar-refractivity contribution in [1.29, 1.82) is 0 Å². The summed E-state index contributed by atoms with van der Waals surface area (Å²) in [4.78, 5) is 0. The van der Waals surface area contributed by atoms with Gasteiger partial charge in [-0.3, -0.25) is 0 Å². The number of phenols is 1. The summed E-state index contributed by atoms with van der Waals surface area (Å²) in [6, 6.07) is 3.51. The monoisotopic (exact) mass is 122 g/mol. The minimum atomic E-state index is 0.255. The van der Waals surface area contributed by atoms with E-state index >= 15 is 0 Å². The summed E-state index contributed by atoms with van der Waals surface area (Å²) in [6.45, 7) is 1.91. The van der Waals surface area contributed by atoms with E-state index in [0.717, 1.165) is 11.1 Å². The molecule has 0 fully saturated rings. The van der Waals surface area contributed by atoms with Crippen LogP contribution in [-0.4, -0.2) is 5.11 Å². The number of fused-ring (bicyclic) bond motifs is 2. The molecule has 2 nitrogen and oxygen atoms in total. The van der Waals surface area contributed by atoms with Gasteiger partial charge in [0.15, 0.2) is 11.3 Å². The SMILES string of the molecule is Cc1cc2cc(O)c1o2. The Balaban J connectivity index is 2.96. The van der Waals surface area contributed by atoms with E-state index in [0.29, 0.717) is 5.58 Å². The van der Waals surface area contributed by atoms with E-state index in [2.05, 4.69) is 0 Å². The predicted molar refractivity (Wildman–Crippen MR) is 33.8 cm³/mol. The zero-order valence-electron chi connectivity index (χ0n) is 5.01. The number of hydrogen-bond donors (Lipinski definition) is 1. The molecule has 1 N–H and O–H groups in total. The maximum absolute atomic E-state index is 9.03. The summed E-state index contributed by atoms with van der Waals surface area (Å²) in [7, 11) is 0. The van der Waals surface area contributed by atoms with Crippen molar-refractivity contribution in [2.45, 2.75) is 6.92 Å². The van der Waals surface area contributed by atoms with E-state index < -0.39 is 0 Å². The fourth-order valence-electron chi connectivity index (χ4n) is 1.03. The highest BCUT2D eigenvalue weighted by Gasteiger charge is 2.08. The van der Waals surface area contributed by atoms with Gasteiger partial charge in [-0.1, -0.05) is 0 Å². The van der Waals surface area contributed by atoms with Crippen LogP contribution >= 0.6 is 0 Å². The Morgan fingerprint density at radius 2 is 2.22 bits per heavy atom. The molecule has 2 bridgehead atoms. The van der Waals surface area contributed by atoms with Gasteiger partial charge in [0.05, 0.1) is 0 Å². The molecule has 2 heterocycles. The molecule has 0 radical (unpaired) electrons. The van der Waals surface area contributed by atoms with E-state index in [4.69, 9.17) is 9.52 Å². The quantitative estimate of drug-likeness (QED) is 0.578. The van der Waals surface area contributed by atoms with Crippen LogP contribution in [0.4, 0.5) is 0 Å². The average Bonchev–Trinajstić information content (AvgIpc) is 2.22. The van der Waals surface area contributed by atoms with Crippen LogP contribution < -0.4 is 0 Å². The molecule has 0 spiro atoms. The molecule has 0 aliphatic carbocycles. The van der Waals surface area contributed by atoms with Crippen LogP contribution in [0.15, 0.2) is 16.5 Å². The number of furan rings is 2. The van der Waals surface area contributed by atoms with Crippen LogP contribution in [0.25, 0.3) is 11.2 Å². The Morgan fingerprint density at radius 1 is 1.44 bits per heavy atom. The fraction of sp³-hybridized carbons (Fsp3) is 0.143. The van der Waals surface area contributed by atoms with Gasteiger partial charge in [-0.05, 0) is 18.6 Å². The van der Waals surface area contributed by atoms with Gasteiger partial charge in [-0.25, -0.2) is 0 Å². The second-order valence-corrected chi connectivity index (χ2v) is 2.19. The Labute approximate surface area is 52.0 Å². The first kappa shape index (κ1) is 4.68. The zero-order chi connectivity index (χ0) is 6.43. The van der Waals surface area contributed by atoms with Crippen molar-refractivity contribution in [3.05, 3.63) is 17.7 Å². The van der Waals surface area contributed by atoms with Gasteiger partial charge in [0.2, 0.25) is 0 Å². The molecule has 0 aliphatic heterocycles. The van der Waals surface area contributed by atoms with Crippen LogP contribution in [0.1, 0.15) is 5.56 Å². The molecule has 0 amide bonds. The molecule has 0 unspecified atom stereocenters. The first-order chi connectivity index (χ1) is 4.27. The Hall–Kier alpha value is -1.18. The maximum Gasteiger partial charge on any atom is 0.172 e. The summed E-state index contributed by atoms with van der Waals surface area (Å²) in [5.41, 5.74) is 2.37. The first-order valence-corrected chi connectivity index (χ1v) is 2.79. The lowest BCUT2D eigenvalue weighted by atomic mass is 10.2. The highest BCUT2D eigenvalue weighted by Crippen LogP contribution is 2.30. The molecule has 0 atom stereocenters. The standard InChI is InChI=1S/C7H6O2/c1-4-2-5-3-6(8)7(4)9-5/h2-3,8H,1H3. The van der Waals surface area contributed by atoms with Crippen molar-refractivity contribution in [2.75, 3.05) is 0 Å². The van der Waals surface area contributed by atoms with Crippen LogP contribution in [0, 0.1) is 6.92 Å². The summed E-state index contributed by atoms with van der Waals surface area (Å²) in [5, 5.41) is 9.03. The molecule has 9 heavy (non-hydrogen) atoms. The number of aromatic hydroxyl groups is 1. The van der Waals surface area contributed by atoms with Gasteiger partial charge in [-0.15, -0.1) is 0 Å². The second kappa shape index (κ2) is 1.21. The lowest BCUT2D eigenvalue weighted by Gasteiger charge is -1.84. The summed E-state index contributed by atoms with van der Waals surface area (Å²) in [6.07, 6.45) is 0. The third-order valence-corrected chi connectivity index (χ3v) is 1.45. The lowest BCUT2D eigenvalue weighted by Crippen LogP contribution is -1.64. The summed E-state index contributed by atoms with van der Waals surface area (Å²) >= 11 is 0. The van der Waals surface area contributed by atoms with Crippen LogP contribution in [0.2, 0.25) is 0 Å². The molecule has 2 aromatic rings. The Morgan fingerprint density at radius 3 is 2.56 bits per heavy atom. The van der Waals surface area contributed by atoms with Crippen LogP contribution in [-0.2, 0) is 0 Å². The molecule has 0 saturated carbocycles. The topological polar surface area (TPSA) is 33.4 Å². The molecule has 2 heteroatoms. The van der Waals surface area contributed by atoms with Gasteiger partial charge in [0.1, 0.15) is 5.58 Å². The summed E-state index contributed by atoms with van der Waals surface area (Å²) in [5.74, 6) is 0.255. The minimum absolute atomic E-state index is 0.255. The van der Waals surface area contributed by atoms with Gasteiger partial charge >= 0.3 is 0 Å². The largest absolute Gasteiger partial charge is 0.504 e. The molecule has 46 valence electrons. The van der Waals surface area contributed by atoms with Crippen LogP contribution in [0.3, 0.4) is 0 Å². The number of benzene rings is 1. The zero-order valence-corrected chi connectivity index (χ0v) is 5.01. The van der Waals surface area contributed by atoms with E-state index in [1.54, 1.807) is 6.07 Å². The Kier molecular flexibility index (Phi) is 0.628. The van der Waals surface area contributed by atoms with Gasteiger partial charge in [-0.2, -0.15) is 0 Å². The highest BCUT2D eigenvalue weighted by atomic mass is 16.4. The molecular formula is C7H6O2. The third kappa shape index (κ3) is 0.447. The third-order valence-electron chi connectivity index (χ3n) is 1.45. The smallest absolute Gasteiger partial charge is 0.172 e. The highest BCUT2D eigenvalue weighted by molar-refractivity contribution is 5.73. The first-order valence-electron chi connectivity index (χ1n) is 2.79. The van der Waals surface area contributed by atoms with E-state index in [1.165, 1.54) is 0 Å². The van der Waals surface area contributed by atoms with E-state index in [1.807, 2.05) is 13.0 Å². The fourth-order valence-corrected chi connectivity index (χ4v) is 1.03. The summed E-state index contributed by atoms with van der Waals surface area (Å²) < 4.78 is 5.09. The van der Waals surface area contributed by atoms with Crippen molar-refractivity contribution in [1.82, 2.24) is 0 Å². The van der Waals surface area contributed by atoms with Gasteiger partial charge in [0, 0.05) is 6.07 Å². The second-order valence-electron chi connectivity index (χ2n) is 2.19. The van der Waals surface area contributed by atoms with Crippen molar-refractivity contribution < 1.29 is 9.52 Å². The average molecular weight is 122 g/mol. The van der Waals surface area contributed by atoms with Crippen molar-refractivity contribution in [3.8, 4) is 5.75 Å². The lowest BCUT2D eigenvalue weighted by molar-refractivity contribution is 0.476. The number of aryl methyl sites for hydroxylation is 1. The number of rotatable bonds is 0. The minimum Gasteiger partial charge on any atom is -0.504 e. The number of phenolic OH excluding ortho intramolecular Hbond substituents is 1. The molecular weight excluding hydrogens is 116 g/mol. The molecule has 2 aromatic heterocycles. The van der Waals surface area contributed by atoms with Crippen molar-refractivity contribution in [2.24, 2.45) is 0 Å². The maximum atomic E-state index is 9.03. The van der Waals surface area contributed by atoms with Crippen molar-refractivity contribution >= 4 is 11.2 Å². The van der Waals surface area contributed by atoms with Gasteiger partial charge < -0.3 is 9.52 Å². The predicted octanol–water partition coefficient (Wildman–Crippen LogP) is 1.88. The molecule has 0 aliphatic rings. The van der Waals surface area contributed by atoms with Crippen LogP contribution in [0.5, 0.6) is 5.75 Å². The normalized spacial score (nSPS) is 11.2.